The Kier molecular flexibility index (Phi) is 6.06. The number of thioether (sulfide) groups is 1. The van der Waals surface area contributed by atoms with E-state index in [-0.39, 0.29) is 17.1 Å². The Morgan fingerprint density at radius 1 is 1.36 bits per heavy atom. The molecule has 2 aromatic rings. The Morgan fingerprint density at radius 3 is 2.84 bits per heavy atom. The summed E-state index contributed by atoms with van der Waals surface area (Å²) in [5, 5.41) is 15.4. The summed E-state index contributed by atoms with van der Waals surface area (Å²) in [4.78, 5) is 16.6. The number of carbonyl (C=O) groups excluding carboxylic acids is 1. The van der Waals surface area contributed by atoms with Crippen LogP contribution in [0.2, 0.25) is 0 Å². The minimum absolute atomic E-state index is 0.0583. The third-order valence-electron chi connectivity index (χ3n) is 4.26. The minimum Gasteiger partial charge on any atom is -0.414 e. The van der Waals surface area contributed by atoms with Gasteiger partial charge in [0, 0.05) is 6.04 Å². The molecule has 1 saturated carbocycles. The number of hydrogen-bond acceptors (Lipinski definition) is 7. The van der Waals surface area contributed by atoms with E-state index in [0.717, 1.165) is 12.8 Å². The van der Waals surface area contributed by atoms with Crippen molar-refractivity contribution >= 4 is 17.7 Å². The van der Waals surface area contributed by atoms with Crippen molar-refractivity contribution in [2.75, 3.05) is 0 Å². The van der Waals surface area contributed by atoms with Gasteiger partial charge in [-0.1, -0.05) is 44.9 Å². The first kappa shape index (κ1) is 17.9. The summed E-state index contributed by atoms with van der Waals surface area (Å²) in [6.45, 7) is 4.43. The number of rotatable bonds is 7. The standard InChI is InChI=1S/C16H24N6O2S/c1-11(2)14(15(23)19-12-6-4-3-5-7-12)25-16-21-20-13(24-16)8-22-10-17-9-18-22/h9-12,14H,3-8H2,1-2H3,(H,19,23)/t14-/m0/s1. The normalized spacial score (nSPS) is 16.9. The molecule has 9 heteroatoms. The molecule has 0 radical (unpaired) electrons. The fraction of sp³-hybridized carbons (Fsp3) is 0.688. The van der Waals surface area contributed by atoms with Crippen molar-refractivity contribution in [3.63, 3.8) is 0 Å². The second kappa shape index (κ2) is 8.46. The van der Waals surface area contributed by atoms with E-state index >= 15 is 0 Å². The zero-order chi connectivity index (χ0) is 17.6. The summed E-state index contributed by atoms with van der Waals surface area (Å²) in [7, 11) is 0. The molecular weight excluding hydrogens is 340 g/mol. The van der Waals surface area contributed by atoms with Gasteiger partial charge in [-0.2, -0.15) is 5.10 Å². The van der Waals surface area contributed by atoms with Gasteiger partial charge in [0.15, 0.2) is 0 Å². The molecule has 2 aromatic heterocycles. The van der Waals surface area contributed by atoms with Crippen LogP contribution in [0.3, 0.4) is 0 Å². The van der Waals surface area contributed by atoms with Gasteiger partial charge in [0.05, 0.1) is 5.25 Å². The lowest BCUT2D eigenvalue weighted by molar-refractivity contribution is -0.122. The molecule has 3 rings (SSSR count). The van der Waals surface area contributed by atoms with Gasteiger partial charge in [0.25, 0.3) is 5.22 Å². The highest BCUT2D eigenvalue weighted by Gasteiger charge is 2.28. The first-order chi connectivity index (χ1) is 12.1. The fourth-order valence-corrected chi connectivity index (χ4v) is 3.83. The van der Waals surface area contributed by atoms with Crippen molar-refractivity contribution < 1.29 is 9.21 Å². The highest BCUT2D eigenvalue weighted by Crippen LogP contribution is 2.28. The highest BCUT2D eigenvalue weighted by atomic mass is 32.2. The molecule has 0 unspecified atom stereocenters. The SMILES string of the molecule is CC(C)[C@H](Sc1nnc(Cn2cncn2)o1)C(=O)NC1CCCCC1. The summed E-state index contributed by atoms with van der Waals surface area (Å²) in [6.07, 6.45) is 8.85. The number of nitrogens with zero attached hydrogens (tertiary/aromatic N) is 5. The molecule has 1 atom stereocenters. The maximum absolute atomic E-state index is 12.7. The molecule has 1 aliphatic carbocycles. The topological polar surface area (TPSA) is 98.7 Å². The molecule has 1 fully saturated rings. The number of amides is 1. The van der Waals surface area contributed by atoms with E-state index in [1.807, 2.05) is 13.8 Å². The van der Waals surface area contributed by atoms with Crippen LogP contribution in [0.25, 0.3) is 0 Å². The smallest absolute Gasteiger partial charge is 0.277 e. The third kappa shape index (κ3) is 5.04. The molecule has 136 valence electrons. The molecule has 0 bridgehead atoms. The van der Waals surface area contributed by atoms with E-state index in [0.29, 0.717) is 23.7 Å². The zero-order valence-electron chi connectivity index (χ0n) is 14.6. The van der Waals surface area contributed by atoms with Crippen LogP contribution in [-0.2, 0) is 11.3 Å². The highest BCUT2D eigenvalue weighted by molar-refractivity contribution is 8.00. The quantitative estimate of drug-likeness (QED) is 0.752. The van der Waals surface area contributed by atoms with Crippen LogP contribution in [-0.4, -0.2) is 42.2 Å². The molecule has 0 saturated heterocycles. The van der Waals surface area contributed by atoms with Gasteiger partial charge in [-0.15, -0.1) is 10.2 Å². The second-order valence-electron chi connectivity index (χ2n) is 6.68. The van der Waals surface area contributed by atoms with Crippen LogP contribution in [0.4, 0.5) is 0 Å². The Bertz CT molecular complexity index is 666. The van der Waals surface area contributed by atoms with Crippen molar-refractivity contribution in [3.8, 4) is 0 Å². The molecule has 8 nitrogen and oxygen atoms in total. The van der Waals surface area contributed by atoms with Crippen LogP contribution >= 0.6 is 11.8 Å². The lowest BCUT2D eigenvalue weighted by Crippen LogP contribution is -2.42. The van der Waals surface area contributed by atoms with Crippen LogP contribution in [0.15, 0.2) is 22.3 Å². The van der Waals surface area contributed by atoms with Crippen molar-refractivity contribution in [2.24, 2.45) is 5.92 Å². The van der Waals surface area contributed by atoms with Gasteiger partial charge in [-0.25, -0.2) is 9.67 Å². The van der Waals surface area contributed by atoms with E-state index in [4.69, 9.17) is 4.42 Å². The maximum Gasteiger partial charge on any atom is 0.277 e. The lowest BCUT2D eigenvalue weighted by atomic mass is 9.95. The molecular formula is C16H24N6O2S. The van der Waals surface area contributed by atoms with Gasteiger partial charge in [0.1, 0.15) is 19.2 Å². The van der Waals surface area contributed by atoms with Crippen molar-refractivity contribution in [3.05, 3.63) is 18.5 Å². The third-order valence-corrected chi connectivity index (χ3v) is 5.63. The van der Waals surface area contributed by atoms with E-state index < -0.39 is 0 Å². The van der Waals surface area contributed by atoms with Gasteiger partial charge < -0.3 is 9.73 Å². The molecule has 0 aromatic carbocycles. The predicted octanol–water partition coefficient (Wildman–Crippen LogP) is 2.27. The van der Waals surface area contributed by atoms with Gasteiger partial charge in [0.2, 0.25) is 11.8 Å². The maximum atomic E-state index is 12.7. The number of aromatic nitrogens is 5. The average molecular weight is 364 g/mol. The summed E-state index contributed by atoms with van der Waals surface area (Å²) in [5.41, 5.74) is 0. The summed E-state index contributed by atoms with van der Waals surface area (Å²) < 4.78 is 7.26. The molecule has 0 spiro atoms. The van der Waals surface area contributed by atoms with E-state index in [1.54, 1.807) is 11.0 Å². The Morgan fingerprint density at radius 2 is 2.16 bits per heavy atom. The van der Waals surface area contributed by atoms with Crippen LogP contribution < -0.4 is 5.32 Å². The largest absolute Gasteiger partial charge is 0.414 e. The number of hydrogen-bond donors (Lipinski definition) is 1. The Labute approximate surface area is 151 Å². The van der Waals surface area contributed by atoms with Gasteiger partial charge >= 0.3 is 0 Å². The summed E-state index contributed by atoms with van der Waals surface area (Å²) in [6, 6.07) is 0.300. The Balaban J connectivity index is 1.59. The number of carbonyl (C=O) groups is 1. The molecule has 1 N–H and O–H groups in total. The fourth-order valence-electron chi connectivity index (χ4n) is 2.93. The van der Waals surface area contributed by atoms with Crippen LogP contribution in [0.5, 0.6) is 0 Å². The predicted molar refractivity (Wildman–Crippen MR) is 92.9 cm³/mol. The van der Waals surface area contributed by atoms with Crippen LogP contribution in [0.1, 0.15) is 51.8 Å². The zero-order valence-corrected chi connectivity index (χ0v) is 15.4. The molecule has 1 aliphatic rings. The van der Waals surface area contributed by atoms with Crippen molar-refractivity contribution in [1.29, 1.82) is 0 Å². The summed E-state index contributed by atoms with van der Waals surface area (Å²) in [5.74, 6) is 0.672. The van der Waals surface area contributed by atoms with Gasteiger partial charge in [-0.3, -0.25) is 4.79 Å². The molecule has 0 aliphatic heterocycles. The lowest BCUT2D eigenvalue weighted by Gasteiger charge is -2.26. The second-order valence-corrected chi connectivity index (χ2v) is 7.77. The van der Waals surface area contributed by atoms with E-state index in [9.17, 15) is 4.79 Å². The van der Waals surface area contributed by atoms with Crippen LogP contribution in [0, 0.1) is 5.92 Å². The first-order valence-corrected chi connectivity index (χ1v) is 9.61. The summed E-state index contributed by atoms with van der Waals surface area (Å²) >= 11 is 1.33. The minimum atomic E-state index is -0.249. The van der Waals surface area contributed by atoms with Gasteiger partial charge in [-0.05, 0) is 18.8 Å². The van der Waals surface area contributed by atoms with Crippen molar-refractivity contribution in [1.82, 2.24) is 30.3 Å². The Hall–Kier alpha value is -1.90. The number of nitrogens with one attached hydrogen (secondary N) is 1. The van der Waals surface area contributed by atoms with E-state index in [2.05, 4.69) is 25.6 Å². The first-order valence-electron chi connectivity index (χ1n) is 8.73. The van der Waals surface area contributed by atoms with E-state index in [1.165, 1.54) is 37.4 Å². The molecule has 2 heterocycles. The van der Waals surface area contributed by atoms with Crippen molar-refractivity contribution in [2.45, 2.75) is 69.0 Å². The molecule has 1 amide bonds. The monoisotopic (exact) mass is 364 g/mol. The molecule has 25 heavy (non-hydrogen) atoms. The average Bonchev–Trinajstić information content (AvgIpc) is 3.25.